The summed E-state index contributed by atoms with van der Waals surface area (Å²) in [6.07, 6.45) is 0. The Morgan fingerprint density at radius 3 is 2.04 bits per heavy atom. The van der Waals surface area contributed by atoms with E-state index in [9.17, 15) is 9.59 Å². The lowest BCUT2D eigenvalue weighted by Gasteiger charge is -2.11. The zero-order valence-electron chi connectivity index (χ0n) is 12.9. The van der Waals surface area contributed by atoms with E-state index >= 15 is 0 Å². The van der Waals surface area contributed by atoms with Gasteiger partial charge in [-0.25, -0.2) is 4.79 Å². The second kappa shape index (κ2) is 7.65. The number of benzene rings is 2. The number of anilines is 2. The molecule has 0 heterocycles. The first-order chi connectivity index (χ1) is 11.0. The van der Waals surface area contributed by atoms with Crippen LogP contribution in [-0.4, -0.2) is 18.0 Å². The number of halogens is 1. The number of hydrogen-bond acceptors (Lipinski definition) is 2. The molecule has 0 radical (unpaired) electrons. The van der Waals surface area contributed by atoms with Crippen molar-refractivity contribution in [3.63, 3.8) is 0 Å². The molecule has 120 valence electrons. The smallest absolute Gasteiger partial charge is 0.319 e. The molecule has 0 fully saturated rings. The summed E-state index contributed by atoms with van der Waals surface area (Å²) in [6, 6.07) is 13.5. The van der Waals surface area contributed by atoms with Gasteiger partial charge >= 0.3 is 6.03 Å². The summed E-state index contributed by atoms with van der Waals surface area (Å²) in [5.41, 5.74) is 1.66. The normalized spacial score (nSPS) is 10.3. The number of rotatable bonds is 4. The molecule has 3 amide bonds. The Hall–Kier alpha value is -2.53. The third-order valence-corrected chi connectivity index (χ3v) is 3.27. The molecule has 3 N–H and O–H groups in total. The Kier molecular flexibility index (Phi) is 5.60. The summed E-state index contributed by atoms with van der Waals surface area (Å²) in [4.78, 5) is 23.7. The van der Waals surface area contributed by atoms with Crippen LogP contribution in [0.1, 0.15) is 24.2 Å². The van der Waals surface area contributed by atoms with E-state index in [1.54, 1.807) is 48.5 Å². The van der Waals surface area contributed by atoms with Gasteiger partial charge in [0.2, 0.25) is 0 Å². The highest BCUT2D eigenvalue weighted by Crippen LogP contribution is 2.18. The van der Waals surface area contributed by atoms with Crippen LogP contribution in [0, 0.1) is 0 Å². The van der Waals surface area contributed by atoms with Gasteiger partial charge < -0.3 is 16.0 Å². The van der Waals surface area contributed by atoms with Crippen molar-refractivity contribution in [3.8, 4) is 0 Å². The first-order valence-corrected chi connectivity index (χ1v) is 7.57. The number of nitrogens with one attached hydrogen (secondary N) is 3. The average Bonchev–Trinajstić information content (AvgIpc) is 2.48. The summed E-state index contributed by atoms with van der Waals surface area (Å²) in [5.74, 6) is -0.283. The van der Waals surface area contributed by atoms with Gasteiger partial charge in [0.25, 0.3) is 5.91 Å². The molecule has 0 aromatic heterocycles. The molecule has 5 nitrogen and oxygen atoms in total. The van der Waals surface area contributed by atoms with Crippen LogP contribution in [0.15, 0.2) is 48.5 Å². The molecular weight excluding hydrogens is 314 g/mol. The molecule has 6 heteroatoms. The summed E-state index contributed by atoms with van der Waals surface area (Å²) in [7, 11) is 0. The van der Waals surface area contributed by atoms with E-state index in [4.69, 9.17) is 11.6 Å². The number of hydrogen-bond donors (Lipinski definition) is 3. The fourth-order valence-electron chi connectivity index (χ4n) is 1.91. The topological polar surface area (TPSA) is 70.2 Å². The number of carbonyl (C=O) groups is 2. The summed E-state index contributed by atoms with van der Waals surface area (Å²) >= 11 is 5.99. The second-order valence-electron chi connectivity index (χ2n) is 5.26. The Morgan fingerprint density at radius 2 is 1.48 bits per heavy atom. The predicted molar refractivity (Wildman–Crippen MR) is 93.1 cm³/mol. The number of carbonyl (C=O) groups excluding carboxylic acids is 2. The summed E-state index contributed by atoms with van der Waals surface area (Å²) in [5, 5.41) is 8.60. The molecule has 0 bridgehead atoms. The molecule has 0 saturated carbocycles. The van der Waals surface area contributed by atoms with E-state index in [1.165, 1.54) is 0 Å². The highest BCUT2D eigenvalue weighted by atomic mass is 35.5. The SMILES string of the molecule is CC(C)NC(=O)Nc1ccc(NC(=O)c2ccccc2Cl)cc1. The van der Waals surface area contributed by atoms with Crippen LogP contribution in [-0.2, 0) is 0 Å². The van der Waals surface area contributed by atoms with Crippen LogP contribution < -0.4 is 16.0 Å². The summed E-state index contributed by atoms with van der Waals surface area (Å²) in [6.45, 7) is 3.76. The Balaban J connectivity index is 1.99. The average molecular weight is 332 g/mol. The van der Waals surface area contributed by atoms with E-state index in [1.807, 2.05) is 13.8 Å². The Labute approximate surface area is 140 Å². The maximum atomic E-state index is 12.1. The zero-order valence-corrected chi connectivity index (χ0v) is 13.6. The van der Waals surface area contributed by atoms with Gasteiger partial charge in [-0.2, -0.15) is 0 Å². The lowest BCUT2D eigenvalue weighted by molar-refractivity contribution is 0.102. The maximum absolute atomic E-state index is 12.1. The lowest BCUT2D eigenvalue weighted by atomic mass is 10.2. The summed E-state index contributed by atoms with van der Waals surface area (Å²) < 4.78 is 0. The van der Waals surface area contributed by atoms with Crippen molar-refractivity contribution in [1.29, 1.82) is 0 Å². The van der Waals surface area contributed by atoms with Crippen molar-refractivity contribution in [2.45, 2.75) is 19.9 Å². The van der Waals surface area contributed by atoms with Crippen molar-refractivity contribution in [2.75, 3.05) is 10.6 Å². The number of amides is 3. The van der Waals surface area contributed by atoms with Crippen LogP contribution in [0.3, 0.4) is 0 Å². The Bertz CT molecular complexity index is 699. The van der Waals surface area contributed by atoms with Gasteiger partial charge in [-0.1, -0.05) is 23.7 Å². The number of urea groups is 1. The van der Waals surface area contributed by atoms with Crippen LogP contribution in [0.4, 0.5) is 16.2 Å². The largest absolute Gasteiger partial charge is 0.336 e. The molecule has 0 aliphatic rings. The molecule has 2 rings (SSSR count). The second-order valence-corrected chi connectivity index (χ2v) is 5.67. The van der Waals surface area contributed by atoms with Gasteiger partial charge in [-0.15, -0.1) is 0 Å². The lowest BCUT2D eigenvalue weighted by Crippen LogP contribution is -2.34. The molecule has 0 aliphatic carbocycles. The predicted octanol–water partition coefficient (Wildman–Crippen LogP) is 4.12. The van der Waals surface area contributed by atoms with Crippen LogP contribution >= 0.6 is 11.6 Å². The van der Waals surface area contributed by atoms with Gasteiger partial charge in [0.05, 0.1) is 10.6 Å². The van der Waals surface area contributed by atoms with Gasteiger partial charge in [0.1, 0.15) is 0 Å². The van der Waals surface area contributed by atoms with Crippen molar-refractivity contribution in [2.24, 2.45) is 0 Å². The van der Waals surface area contributed by atoms with Gasteiger partial charge in [0, 0.05) is 17.4 Å². The molecule has 0 unspecified atom stereocenters. The standard InChI is InChI=1S/C17H18ClN3O2/c1-11(2)19-17(23)21-13-9-7-12(8-10-13)20-16(22)14-5-3-4-6-15(14)18/h3-11H,1-2H3,(H,20,22)(H2,19,21,23). The first kappa shape index (κ1) is 16.8. The third kappa shape index (κ3) is 5.00. The van der Waals surface area contributed by atoms with Crippen molar-refractivity contribution in [1.82, 2.24) is 5.32 Å². The maximum Gasteiger partial charge on any atom is 0.319 e. The van der Waals surface area contributed by atoms with Gasteiger partial charge in [-0.3, -0.25) is 4.79 Å². The van der Waals surface area contributed by atoms with Crippen LogP contribution in [0.25, 0.3) is 0 Å². The van der Waals surface area contributed by atoms with Crippen LogP contribution in [0.2, 0.25) is 5.02 Å². The van der Waals surface area contributed by atoms with E-state index < -0.39 is 0 Å². The minimum atomic E-state index is -0.283. The quantitative estimate of drug-likeness (QED) is 0.788. The Morgan fingerprint density at radius 1 is 0.913 bits per heavy atom. The molecule has 0 atom stereocenters. The minimum Gasteiger partial charge on any atom is -0.336 e. The molecule has 0 aliphatic heterocycles. The molecule has 2 aromatic rings. The molecule has 0 saturated heterocycles. The van der Waals surface area contributed by atoms with Crippen LogP contribution in [0.5, 0.6) is 0 Å². The van der Waals surface area contributed by atoms with Gasteiger partial charge in [-0.05, 0) is 50.2 Å². The molecule has 0 spiro atoms. The third-order valence-electron chi connectivity index (χ3n) is 2.94. The van der Waals surface area contributed by atoms with E-state index in [0.29, 0.717) is 22.0 Å². The van der Waals surface area contributed by atoms with Crippen molar-refractivity contribution in [3.05, 3.63) is 59.1 Å². The molecular formula is C17H18ClN3O2. The van der Waals surface area contributed by atoms with E-state index in [0.717, 1.165) is 0 Å². The molecule has 23 heavy (non-hydrogen) atoms. The van der Waals surface area contributed by atoms with Crippen molar-refractivity contribution < 1.29 is 9.59 Å². The van der Waals surface area contributed by atoms with Gasteiger partial charge in [0.15, 0.2) is 0 Å². The highest BCUT2D eigenvalue weighted by molar-refractivity contribution is 6.34. The minimum absolute atomic E-state index is 0.0594. The monoisotopic (exact) mass is 331 g/mol. The fourth-order valence-corrected chi connectivity index (χ4v) is 2.13. The van der Waals surface area contributed by atoms with E-state index in [2.05, 4.69) is 16.0 Å². The fraction of sp³-hybridized carbons (Fsp3) is 0.176. The van der Waals surface area contributed by atoms with E-state index in [-0.39, 0.29) is 18.0 Å². The first-order valence-electron chi connectivity index (χ1n) is 7.19. The molecule has 2 aromatic carbocycles. The highest BCUT2D eigenvalue weighted by Gasteiger charge is 2.10. The zero-order chi connectivity index (χ0) is 16.8. The van der Waals surface area contributed by atoms with Crippen molar-refractivity contribution >= 4 is 34.9 Å².